The normalized spacial score (nSPS) is 23.1. The van der Waals surface area contributed by atoms with E-state index in [1.54, 1.807) is 6.92 Å². The monoisotopic (exact) mass is 343 g/mol. The maximum Gasteiger partial charge on any atom is 0.416 e. The Balaban J connectivity index is 2.12. The summed E-state index contributed by atoms with van der Waals surface area (Å²) in [6.45, 7) is 1.71. The molecule has 24 heavy (non-hydrogen) atoms. The van der Waals surface area contributed by atoms with E-state index in [-0.39, 0.29) is 23.8 Å². The Kier molecular flexibility index (Phi) is 3.93. The molecule has 1 amide bonds. The van der Waals surface area contributed by atoms with Crippen LogP contribution in [0.3, 0.4) is 0 Å². The molecule has 0 spiro atoms. The van der Waals surface area contributed by atoms with Gasteiger partial charge in [-0.3, -0.25) is 9.69 Å². The number of fused-ring (bicyclic) bond motifs is 1. The molecule has 1 saturated carbocycles. The fourth-order valence-corrected chi connectivity index (χ4v) is 3.31. The molecule has 1 aromatic carbocycles. The molecule has 8 heteroatoms. The first-order chi connectivity index (χ1) is 11.3. The first kappa shape index (κ1) is 16.6. The summed E-state index contributed by atoms with van der Waals surface area (Å²) in [5.41, 5.74) is -0.721. The number of carboxylic acid groups (broad SMARTS) is 1. The van der Waals surface area contributed by atoms with Crippen LogP contribution in [0.5, 0.6) is 0 Å². The third kappa shape index (κ3) is 2.70. The summed E-state index contributed by atoms with van der Waals surface area (Å²) < 4.78 is 43.9. The van der Waals surface area contributed by atoms with Gasteiger partial charge in [-0.2, -0.15) is 13.2 Å². The first-order valence-corrected chi connectivity index (χ1v) is 7.65. The molecule has 3 rings (SSSR count). The molecule has 1 aliphatic carbocycles. The molecule has 2 unspecified atom stereocenters. The Bertz CT molecular complexity index is 684. The van der Waals surface area contributed by atoms with Gasteiger partial charge in [-0.25, -0.2) is 4.79 Å². The van der Waals surface area contributed by atoms with Crippen molar-refractivity contribution in [2.24, 2.45) is 5.92 Å². The zero-order chi connectivity index (χ0) is 17.6. The predicted molar refractivity (Wildman–Crippen MR) is 77.8 cm³/mol. The van der Waals surface area contributed by atoms with Crippen LogP contribution in [0.15, 0.2) is 18.2 Å². The molecule has 1 N–H and O–H groups in total. The van der Waals surface area contributed by atoms with Crippen LogP contribution >= 0.6 is 0 Å². The van der Waals surface area contributed by atoms with E-state index in [4.69, 9.17) is 4.74 Å². The zero-order valence-electron chi connectivity index (χ0n) is 12.8. The average Bonchev–Trinajstić information content (AvgIpc) is 3.26. The summed E-state index contributed by atoms with van der Waals surface area (Å²) in [5.74, 6) is -2.46. The molecule has 2 aliphatic rings. The zero-order valence-corrected chi connectivity index (χ0v) is 12.8. The fraction of sp³-hybridized carbons (Fsp3) is 0.500. The summed E-state index contributed by atoms with van der Waals surface area (Å²) in [7, 11) is 0. The molecule has 1 aliphatic heterocycles. The maximum absolute atomic E-state index is 13.0. The van der Waals surface area contributed by atoms with Crippen molar-refractivity contribution >= 4 is 17.7 Å². The van der Waals surface area contributed by atoms with Crippen LogP contribution in [0.4, 0.5) is 23.7 Å². The number of rotatable bonds is 3. The number of hydrogen-bond donors (Lipinski definition) is 1. The number of carbonyl (C=O) groups is 2. The molecule has 0 bridgehead atoms. The molecule has 1 aromatic rings. The van der Waals surface area contributed by atoms with Gasteiger partial charge in [0.25, 0.3) is 0 Å². The second kappa shape index (κ2) is 5.68. The van der Waals surface area contributed by atoms with Crippen molar-refractivity contribution in [2.75, 3.05) is 11.5 Å². The van der Waals surface area contributed by atoms with Crippen molar-refractivity contribution in [1.82, 2.24) is 0 Å². The topological polar surface area (TPSA) is 66.8 Å². The van der Waals surface area contributed by atoms with Gasteiger partial charge in [0.05, 0.1) is 23.9 Å². The van der Waals surface area contributed by atoms with E-state index < -0.39 is 35.8 Å². The van der Waals surface area contributed by atoms with Crippen molar-refractivity contribution in [2.45, 2.75) is 37.9 Å². The molecule has 130 valence electrons. The summed E-state index contributed by atoms with van der Waals surface area (Å²) in [5, 5.41) is 9.57. The van der Waals surface area contributed by atoms with Gasteiger partial charge >= 0.3 is 18.2 Å². The van der Waals surface area contributed by atoms with Crippen LogP contribution in [-0.4, -0.2) is 29.8 Å². The highest BCUT2D eigenvalue weighted by molar-refractivity contribution is 5.97. The third-order valence-corrected chi connectivity index (χ3v) is 4.42. The Labute approximate surface area is 136 Å². The van der Waals surface area contributed by atoms with Crippen LogP contribution in [0, 0.1) is 5.92 Å². The van der Waals surface area contributed by atoms with Gasteiger partial charge in [0.2, 0.25) is 0 Å². The molecule has 0 radical (unpaired) electrons. The fourth-order valence-electron chi connectivity index (χ4n) is 3.31. The summed E-state index contributed by atoms with van der Waals surface area (Å²) in [6.07, 6.45) is -3.82. The molecule has 0 saturated heterocycles. The minimum Gasteiger partial charge on any atom is -0.481 e. The minimum absolute atomic E-state index is 0.0160. The molecule has 1 heterocycles. The van der Waals surface area contributed by atoms with Gasteiger partial charge in [0.15, 0.2) is 0 Å². The van der Waals surface area contributed by atoms with Crippen LogP contribution in [-0.2, 0) is 15.7 Å². The summed E-state index contributed by atoms with van der Waals surface area (Å²) in [6, 6.07) is 2.15. The number of nitrogens with zero attached hydrogens (tertiary/aromatic N) is 1. The molecule has 2 atom stereocenters. The second-order valence-electron chi connectivity index (χ2n) is 5.98. The number of hydrogen-bond acceptors (Lipinski definition) is 3. The van der Waals surface area contributed by atoms with Gasteiger partial charge in [0, 0.05) is 0 Å². The van der Waals surface area contributed by atoms with Crippen molar-refractivity contribution in [3.63, 3.8) is 0 Å². The predicted octanol–water partition coefficient (Wildman–Crippen LogP) is 3.63. The number of aliphatic carboxylic acids is 1. The third-order valence-electron chi connectivity index (χ3n) is 4.42. The lowest BCUT2D eigenvalue weighted by molar-refractivity contribution is -0.140. The highest BCUT2D eigenvalue weighted by Crippen LogP contribution is 2.51. The average molecular weight is 343 g/mol. The molecule has 1 fully saturated rings. The Morgan fingerprint density at radius 2 is 2.00 bits per heavy atom. The van der Waals surface area contributed by atoms with Crippen LogP contribution < -0.4 is 4.90 Å². The highest BCUT2D eigenvalue weighted by Gasteiger charge is 2.53. The molecule has 5 nitrogen and oxygen atoms in total. The minimum atomic E-state index is -4.58. The number of alkyl halides is 3. The van der Waals surface area contributed by atoms with Crippen molar-refractivity contribution in [1.29, 1.82) is 0 Å². The van der Waals surface area contributed by atoms with E-state index >= 15 is 0 Å². The van der Waals surface area contributed by atoms with Gasteiger partial charge in [0.1, 0.15) is 5.92 Å². The van der Waals surface area contributed by atoms with Gasteiger partial charge in [-0.05, 0) is 49.4 Å². The molecular formula is C16H16F3NO4. The standard InChI is InChI=1S/C16H16F3NO4/c1-2-24-15(23)20-11-6-5-9(16(17,18)19)7-10(11)12(14(21)22)13(20)8-3-4-8/h5-8,12-13H,2-4H2,1H3,(H,21,22). The van der Waals surface area contributed by atoms with E-state index in [2.05, 4.69) is 0 Å². The van der Waals surface area contributed by atoms with E-state index in [0.29, 0.717) is 0 Å². The van der Waals surface area contributed by atoms with Crippen LogP contribution in [0.2, 0.25) is 0 Å². The Morgan fingerprint density at radius 3 is 2.50 bits per heavy atom. The molecular weight excluding hydrogens is 327 g/mol. The number of anilines is 1. The van der Waals surface area contributed by atoms with Gasteiger partial charge < -0.3 is 9.84 Å². The van der Waals surface area contributed by atoms with E-state index in [1.807, 2.05) is 0 Å². The molecule has 0 aromatic heterocycles. The summed E-state index contributed by atoms with van der Waals surface area (Å²) in [4.78, 5) is 25.2. The lowest BCUT2D eigenvalue weighted by Crippen LogP contribution is -2.42. The van der Waals surface area contributed by atoms with Gasteiger partial charge in [-0.15, -0.1) is 0 Å². The van der Waals surface area contributed by atoms with E-state index in [1.165, 1.54) is 4.90 Å². The first-order valence-electron chi connectivity index (χ1n) is 7.65. The van der Waals surface area contributed by atoms with E-state index in [0.717, 1.165) is 31.0 Å². The number of carbonyl (C=O) groups excluding carboxylic acids is 1. The lowest BCUT2D eigenvalue weighted by atomic mass is 9.91. The maximum atomic E-state index is 13.0. The van der Waals surface area contributed by atoms with Crippen molar-refractivity contribution in [3.05, 3.63) is 29.3 Å². The van der Waals surface area contributed by atoms with Crippen molar-refractivity contribution in [3.8, 4) is 0 Å². The smallest absolute Gasteiger partial charge is 0.416 e. The lowest BCUT2D eigenvalue weighted by Gasteiger charge is -2.26. The SMILES string of the molecule is CCOC(=O)N1c2ccc(C(F)(F)F)cc2C(C(=O)O)C1C1CC1. The number of halogens is 3. The Hall–Kier alpha value is -2.25. The summed E-state index contributed by atoms with van der Waals surface area (Å²) >= 11 is 0. The number of ether oxygens (including phenoxy) is 1. The largest absolute Gasteiger partial charge is 0.481 e. The number of amides is 1. The Morgan fingerprint density at radius 1 is 1.33 bits per heavy atom. The van der Waals surface area contributed by atoms with Crippen LogP contribution in [0.25, 0.3) is 0 Å². The van der Waals surface area contributed by atoms with Crippen molar-refractivity contribution < 1.29 is 32.6 Å². The van der Waals surface area contributed by atoms with Gasteiger partial charge in [-0.1, -0.05) is 0 Å². The second-order valence-corrected chi connectivity index (χ2v) is 5.98. The highest BCUT2D eigenvalue weighted by atomic mass is 19.4. The number of carboxylic acids is 1. The van der Waals surface area contributed by atoms with E-state index in [9.17, 15) is 27.9 Å². The quantitative estimate of drug-likeness (QED) is 0.910. The van der Waals surface area contributed by atoms with Crippen LogP contribution in [0.1, 0.15) is 36.8 Å². The number of benzene rings is 1.